The van der Waals surface area contributed by atoms with Crippen molar-refractivity contribution >= 4 is 32.3 Å². The molecule has 4 nitrogen and oxygen atoms in total. The molecular formula is C24H20N2O2S. The quantitative estimate of drug-likeness (QED) is 0.369. The van der Waals surface area contributed by atoms with Crippen molar-refractivity contribution in [2.24, 2.45) is 4.40 Å². The highest BCUT2D eigenvalue weighted by Gasteiger charge is 2.17. The van der Waals surface area contributed by atoms with Crippen LogP contribution < -0.4 is 5.32 Å². The number of amidine groups is 1. The standard InChI is InChI=1S/C24H20N2O2S/c1-18-9-5-8-14-23(18)25-24(20-11-3-2-4-12-20)26-29(27,28)22-16-15-19-10-6-7-13-21(19)17-22/h2-17H,1H3,(H,25,26). The Bertz CT molecular complexity index is 1300. The Morgan fingerprint density at radius 2 is 1.41 bits per heavy atom. The number of fused-ring (bicyclic) bond motifs is 1. The number of aryl methyl sites for hydroxylation is 1. The van der Waals surface area contributed by atoms with Crippen LogP contribution in [-0.4, -0.2) is 14.3 Å². The molecule has 0 aliphatic rings. The summed E-state index contributed by atoms with van der Waals surface area (Å²) in [5.74, 6) is 0.285. The minimum atomic E-state index is -3.91. The van der Waals surface area contributed by atoms with Crippen LogP contribution in [0.4, 0.5) is 5.69 Å². The Morgan fingerprint density at radius 3 is 2.17 bits per heavy atom. The Morgan fingerprint density at radius 1 is 0.759 bits per heavy atom. The van der Waals surface area contributed by atoms with Crippen LogP contribution in [0.15, 0.2) is 106 Å². The van der Waals surface area contributed by atoms with E-state index >= 15 is 0 Å². The van der Waals surface area contributed by atoms with Crippen LogP contribution in [0.3, 0.4) is 0 Å². The number of nitrogens with one attached hydrogen (secondary N) is 1. The molecule has 0 radical (unpaired) electrons. The molecule has 0 amide bonds. The Hall–Kier alpha value is -3.44. The summed E-state index contributed by atoms with van der Waals surface area (Å²) in [6.07, 6.45) is 0. The third kappa shape index (κ3) is 4.20. The number of para-hydroxylation sites is 1. The smallest absolute Gasteiger partial charge is 0.284 e. The average molecular weight is 401 g/mol. The number of benzene rings is 4. The van der Waals surface area contributed by atoms with Crippen molar-refractivity contribution < 1.29 is 8.42 Å². The summed E-state index contributed by atoms with van der Waals surface area (Å²) in [6, 6.07) is 29.7. The maximum Gasteiger partial charge on any atom is 0.284 e. The van der Waals surface area contributed by atoms with E-state index in [1.807, 2.05) is 85.8 Å². The number of anilines is 1. The second kappa shape index (κ2) is 7.89. The lowest BCUT2D eigenvalue weighted by Crippen LogP contribution is -2.17. The zero-order chi connectivity index (χ0) is 20.3. The maximum absolute atomic E-state index is 13.1. The predicted octanol–water partition coefficient (Wildman–Crippen LogP) is 5.40. The van der Waals surface area contributed by atoms with E-state index in [-0.39, 0.29) is 10.7 Å². The fraction of sp³-hybridized carbons (Fsp3) is 0.0417. The Labute approximate surface area is 170 Å². The molecule has 0 fully saturated rings. The second-order valence-electron chi connectivity index (χ2n) is 6.73. The topological polar surface area (TPSA) is 58.5 Å². The van der Waals surface area contributed by atoms with E-state index in [0.29, 0.717) is 5.56 Å². The molecular weight excluding hydrogens is 380 g/mol. The van der Waals surface area contributed by atoms with Gasteiger partial charge in [-0.05, 0) is 41.5 Å². The van der Waals surface area contributed by atoms with E-state index < -0.39 is 10.0 Å². The first-order chi connectivity index (χ1) is 14.0. The molecule has 0 saturated carbocycles. The lowest BCUT2D eigenvalue weighted by atomic mass is 10.1. The number of rotatable bonds is 4. The van der Waals surface area contributed by atoms with Gasteiger partial charge in [-0.2, -0.15) is 8.42 Å². The summed E-state index contributed by atoms with van der Waals surface area (Å²) in [7, 11) is -3.91. The first kappa shape index (κ1) is 18.9. The van der Waals surface area contributed by atoms with Crippen molar-refractivity contribution in [3.8, 4) is 0 Å². The second-order valence-corrected chi connectivity index (χ2v) is 8.33. The van der Waals surface area contributed by atoms with Gasteiger partial charge in [0.15, 0.2) is 5.84 Å². The minimum absolute atomic E-state index is 0.163. The molecule has 0 aromatic heterocycles. The van der Waals surface area contributed by atoms with Crippen molar-refractivity contribution in [2.45, 2.75) is 11.8 Å². The van der Waals surface area contributed by atoms with Crippen molar-refractivity contribution in [3.63, 3.8) is 0 Å². The zero-order valence-corrected chi connectivity index (χ0v) is 16.7. The maximum atomic E-state index is 13.1. The van der Waals surface area contributed by atoms with Gasteiger partial charge in [0.05, 0.1) is 4.90 Å². The van der Waals surface area contributed by atoms with Gasteiger partial charge in [0.25, 0.3) is 10.0 Å². The summed E-state index contributed by atoms with van der Waals surface area (Å²) in [6.45, 7) is 1.96. The molecule has 0 saturated heterocycles. The van der Waals surface area contributed by atoms with Crippen LogP contribution >= 0.6 is 0 Å². The summed E-state index contributed by atoms with van der Waals surface area (Å²) in [5.41, 5.74) is 2.50. The molecule has 0 aliphatic carbocycles. The van der Waals surface area contributed by atoms with Crippen LogP contribution in [0.1, 0.15) is 11.1 Å². The highest BCUT2D eigenvalue weighted by molar-refractivity contribution is 7.90. The van der Waals surface area contributed by atoms with Gasteiger partial charge in [0.1, 0.15) is 0 Å². The van der Waals surface area contributed by atoms with Gasteiger partial charge in [-0.3, -0.25) is 0 Å². The average Bonchev–Trinajstić information content (AvgIpc) is 2.75. The lowest BCUT2D eigenvalue weighted by Gasteiger charge is -2.13. The monoisotopic (exact) mass is 400 g/mol. The molecule has 4 aromatic carbocycles. The Kier molecular flexibility index (Phi) is 5.14. The number of sulfonamides is 1. The van der Waals surface area contributed by atoms with Crippen LogP contribution in [0, 0.1) is 6.92 Å². The predicted molar refractivity (Wildman–Crippen MR) is 119 cm³/mol. The zero-order valence-electron chi connectivity index (χ0n) is 15.9. The van der Waals surface area contributed by atoms with E-state index in [1.165, 1.54) is 0 Å². The van der Waals surface area contributed by atoms with E-state index in [2.05, 4.69) is 9.71 Å². The third-order valence-electron chi connectivity index (χ3n) is 4.68. The van der Waals surface area contributed by atoms with Crippen molar-refractivity contribution in [1.29, 1.82) is 0 Å². The molecule has 0 spiro atoms. The Balaban J connectivity index is 1.80. The molecule has 4 rings (SSSR count). The molecule has 4 aromatic rings. The fourth-order valence-electron chi connectivity index (χ4n) is 3.09. The van der Waals surface area contributed by atoms with Crippen LogP contribution in [0.5, 0.6) is 0 Å². The molecule has 0 heterocycles. The normalized spacial score (nSPS) is 12.1. The summed E-state index contributed by atoms with van der Waals surface area (Å²) >= 11 is 0. The first-order valence-electron chi connectivity index (χ1n) is 9.25. The van der Waals surface area contributed by atoms with Crippen molar-refractivity contribution in [3.05, 3.63) is 108 Å². The van der Waals surface area contributed by atoms with Crippen LogP contribution in [0.25, 0.3) is 10.8 Å². The van der Waals surface area contributed by atoms with E-state index in [4.69, 9.17) is 0 Å². The third-order valence-corrected chi connectivity index (χ3v) is 5.95. The van der Waals surface area contributed by atoms with E-state index in [1.54, 1.807) is 18.2 Å². The molecule has 29 heavy (non-hydrogen) atoms. The largest absolute Gasteiger partial charge is 0.339 e. The molecule has 144 valence electrons. The number of hydrogen-bond acceptors (Lipinski definition) is 2. The summed E-state index contributed by atoms with van der Waals surface area (Å²) < 4.78 is 30.4. The highest BCUT2D eigenvalue weighted by atomic mass is 32.2. The van der Waals surface area contributed by atoms with Gasteiger partial charge in [0, 0.05) is 11.3 Å². The molecule has 0 atom stereocenters. The minimum Gasteiger partial charge on any atom is -0.339 e. The van der Waals surface area contributed by atoms with Crippen LogP contribution in [-0.2, 0) is 10.0 Å². The van der Waals surface area contributed by atoms with Gasteiger partial charge in [-0.25, -0.2) is 0 Å². The molecule has 0 unspecified atom stereocenters. The van der Waals surface area contributed by atoms with Crippen molar-refractivity contribution in [2.75, 3.05) is 5.32 Å². The highest BCUT2D eigenvalue weighted by Crippen LogP contribution is 2.22. The molecule has 0 aliphatic heterocycles. The molecule has 0 bridgehead atoms. The van der Waals surface area contributed by atoms with Gasteiger partial charge >= 0.3 is 0 Å². The fourth-order valence-corrected chi connectivity index (χ4v) is 4.10. The van der Waals surface area contributed by atoms with Gasteiger partial charge in [0.2, 0.25) is 0 Å². The molecule has 1 N–H and O–H groups in total. The van der Waals surface area contributed by atoms with Crippen molar-refractivity contribution in [1.82, 2.24) is 0 Å². The van der Waals surface area contributed by atoms with Crippen LogP contribution in [0.2, 0.25) is 0 Å². The van der Waals surface area contributed by atoms with E-state index in [9.17, 15) is 8.42 Å². The first-order valence-corrected chi connectivity index (χ1v) is 10.7. The van der Waals surface area contributed by atoms with Gasteiger partial charge in [-0.15, -0.1) is 4.40 Å². The SMILES string of the molecule is Cc1ccccc1N/C(=N\S(=O)(=O)c1ccc2ccccc2c1)c1ccccc1. The molecule has 5 heteroatoms. The van der Waals surface area contributed by atoms with Gasteiger partial charge in [-0.1, -0.05) is 78.9 Å². The van der Waals surface area contributed by atoms with E-state index in [0.717, 1.165) is 22.0 Å². The number of hydrogen-bond donors (Lipinski definition) is 1. The summed E-state index contributed by atoms with van der Waals surface area (Å²) in [4.78, 5) is 0.163. The summed E-state index contributed by atoms with van der Waals surface area (Å²) in [5, 5.41) is 5.04. The number of nitrogens with zero attached hydrogens (tertiary/aromatic N) is 1. The lowest BCUT2D eigenvalue weighted by molar-refractivity contribution is 0.598. The van der Waals surface area contributed by atoms with Gasteiger partial charge < -0.3 is 5.32 Å².